The molecule has 0 amide bonds. The van der Waals surface area contributed by atoms with Gasteiger partial charge in [0.2, 0.25) is 0 Å². The predicted molar refractivity (Wildman–Crippen MR) is 112 cm³/mol. The maximum atomic E-state index is 12.5. The van der Waals surface area contributed by atoms with E-state index in [0.29, 0.717) is 6.07 Å². The van der Waals surface area contributed by atoms with Crippen molar-refractivity contribution in [3.63, 3.8) is 0 Å². The molecule has 3 rings (SSSR count). The number of benzene rings is 3. The summed E-state index contributed by atoms with van der Waals surface area (Å²) in [4.78, 5) is -1.55. The van der Waals surface area contributed by atoms with Gasteiger partial charge in [0.25, 0.3) is 0 Å². The predicted octanol–water partition coefficient (Wildman–Crippen LogP) is -0.253. The Kier molecular flexibility index (Phi) is 8.39. The molecule has 0 N–H and O–H groups in total. The van der Waals surface area contributed by atoms with Crippen molar-refractivity contribution in [2.75, 3.05) is 0 Å². The third-order valence-electron chi connectivity index (χ3n) is 4.21. The minimum Gasteiger partial charge on any atom is -0.744 e. The minimum absolute atomic E-state index is 0. The zero-order valence-electron chi connectivity index (χ0n) is 17.7. The standard InChI is InChI=1S/C20H18O9S3.Na/c1-14-3-8-17(9-4-14)31(24,25)28-16-7-12-19(20(13-16)30(21,22)23)29-32(26,27)18-10-5-15(2)6-11-18;/h3-13H,1-2H3,(H,21,22,23);/q;+1/p-1. The van der Waals surface area contributed by atoms with Crippen molar-refractivity contribution in [3.8, 4) is 11.5 Å². The van der Waals surface area contributed by atoms with Crippen LogP contribution in [0.4, 0.5) is 0 Å². The van der Waals surface area contributed by atoms with E-state index in [0.717, 1.165) is 23.3 Å². The first-order chi connectivity index (χ1) is 14.8. The van der Waals surface area contributed by atoms with Crippen LogP contribution in [0.5, 0.6) is 11.5 Å². The molecule has 0 aliphatic heterocycles. The summed E-state index contributed by atoms with van der Waals surface area (Å²) in [6, 6.07) is 13.6. The van der Waals surface area contributed by atoms with E-state index >= 15 is 0 Å². The van der Waals surface area contributed by atoms with Crippen molar-refractivity contribution in [1.82, 2.24) is 0 Å². The molecule has 0 aliphatic carbocycles. The van der Waals surface area contributed by atoms with Gasteiger partial charge in [0, 0.05) is 6.07 Å². The maximum absolute atomic E-state index is 12.5. The second kappa shape index (κ2) is 10.1. The van der Waals surface area contributed by atoms with Gasteiger partial charge < -0.3 is 12.9 Å². The van der Waals surface area contributed by atoms with Gasteiger partial charge >= 0.3 is 49.8 Å². The minimum atomic E-state index is -5.26. The summed E-state index contributed by atoms with van der Waals surface area (Å²) in [6.45, 7) is 3.49. The summed E-state index contributed by atoms with van der Waals surface area (Å²) in [5.41, 5.74) is 1.59. The molecule has 0 unspecified atom stereocenters. The zero-order chi connectivity index (χ0) is 23.7. The molecule has 0 radical (unpaired) electrons. The molecule has 13 heteroatoms. The van der Waals surface area contributed by atoms with Crippen LogP contribution in [0.15, 0.2) is 81.4 Å². The van der Waals surface area contributed by atoms with E-state index in [2.05, 4.69) is 0 Å². The van der Waals surface area contributed by atoms with Gasteiger partial charge in [-0.1, -0.05) is 35.4 Å². The number of aryl methyl sites for hydroxylation is 2. The fourth-order valence-electron chi connectivity index (χ4n) is 2.56. The first-order valence-corrected chi connectivity index (χ1v) is 13.1. The molecule has 33 heavy (non-hydrogen) atoms. The van der Waals surface area contributed by atoms with Crippen LogP contribution in [0.3, 0.4) is 0 Å². The quantitative estimate of drug-likeness (QED) is 0.234. The zero-order valence-corrected chi connectivity index (χ0v) is 22.2. The van der Waals surface area contributed by atoms with E-state index in [1.54, 1.807) is 13.8 Å². The summed E-state index contributed by atoms with van der Waals surface area (Å²) in [5, 5.41) is 0. The summed E-state index contributed by atoms with van der Waals surface area (Å²) < 4.78 is 94.7. The van der Waals surface area contributed by atoms with E-state index in [-0.39, 0.29) is 39.3 Å². The fourth-order valence-corrected chi connectivity index (χ4v) is 5.09. The average Bonchev–Trinajstić information content (AvgIpc) is 2.68. The average molecular weight is 521 g/mol. The Labute approximate surface area is 214 Å². The number of rotatable bonds is 7. The molecule has 3 aromatic rings. The Bertz CT molecular complexity index is 1460. The van der Waals surface area contributed by atoms with Crippen LogP contribution < -0.4 is 37.9 Å². The first-order valence-electron chi connectivity index (χ1n) is 8.90. The molecule has 0 heterocycles. The molecule has 0 fully saturated rings. The van der Waals surface area contributed by atoms with Crippen molar-refractivity contribution in [2.45, 2.75) is 28.5 Å². The van der Waals surface area contributed by atoms with Crippen molar-refractivity contribution in [3.05, 3.63) is 77.9 Å². The van der Waals surface area contributed by atoms with Crippen LogP contribution in [-0.4, -0.2) is 29.8 Å². The third kappa shape index (κ3) is 6.79. The van der Waals surface area contributed by atoms with Gasteiger partial charge in [-0.2, -0.15) is 16.8 Å². The molecule has 0 saturated carbocycles. The number of hydrogen-bond acceptors (Lipinski definition) is 9. The van der Waals surface area contributed by atoms with Gasteiger partial charge in [-0.25, -0.2) is 8.42 Å². The van der Waals surface area contributed by atoms with E-state index in [1.165, 1.54) is 48.5 Å². The molecule has 9 nitrogen and oxygen atoms in total. The Morgan fingerprint density at radius 1 is 0.636 bits per heavy atom. The van der Waals surface area contributed by atoms with Crippen LogP contribution in [0, 0.1) is 13.8 Å². The first kappa shape index (κ1) is 27.3. The van der Waals surface area contributed by atoms with E-state index in [4.69, 9.17) is 8.37 Å². The Morgan fingerprint density at radius 2 is 1.06 bits per heavy atom. The number of hydrogen-bond donors (Lipinski definition) is 0. The Hall–Kier alpha value is -1.93. The SMILES string of the molecule is Cc1ccc(S(=O)(=O)Oc2ccc(OS(=O)(=O)c3ccc(C)cc3)c(S(=O)(=O)[O-])c2)cc1.[Na+]. The molecule has 3 aromatic carbocycles. The van der Waals surface area contributed by atoms with Crippen molar-refractivity contribution in [2.24, 2.45) is 0 Å². The second-order valence-corrected chi connectivity index (χ2v) is 11.2. The molecule has 0 bridgehead atoms. The van der Waals surface area contributed by atoms with Gasteiger partial charge in [-0.05, 0) is 50.2 Å². The molecule has 0 saturated heterocycles. The van der Waals surface area contributed by atoms with Gasteiger partial charge in [0.1, 0.15) is 30.6 Å². The summed E-state index contributed by atoms with van der Waals surface area (Å²) >= 11 is 0. The Morgan fingerprint density at radius 3 is 1.48 bits per heavy atom. The molecular weight excluding hydrogens is 503 g/mol. The van der Waals surface area contributed by atoms with Crippen LogP contribution in [-0.2, 0) is 30.4 Å². The Balaban J connectivity index is 0.00000385. The summed E-state index contributed by atoms with van der Waals surface area (Å²) in [7, 11) is -14.1. The normalized spacial score (nSPS) is 12.0. The molecule has 170 valence electrons. The molecular formula is C20H17NaO9S3. The van der Waals surface area contributed by atoms with Crippen LogP contribution in [0.25, 0.3) is 0 Å². The van der Waals surface area contributed by atoms with Crippen molar-refractivity contribution < 1.29 is 67.7 Å². The smallest absolute Gasteiger partial charge is 0.744 e. The van der Waals surface area contributed by atoms with E-state index in [9.17, 15) is 29.8 Å². The summed E-state index contributed by atoms with van der Waals surface area (Å²) in [5.74, 6) is -1.30. The fraction of sp³-hybridized carbons (Fsp3) is 0.100. The molecule has 0 spiro atoms. The largest absolute Gasteiger partial charge is 1.00 e. The van der Waals surface area contributed by atoms with Gasteiger partial charge in [0.05, 0.1) is 0 Å². The van der Waals surface area contributed by atoms with Gasteiger partial charge in [0.15, 0.2) is 5.75 Å². The van der Waals surface area contributed by atoms with Gasteiger partial charge in [-0.3, -0.25) is 0 Å². The summed E-state index contributed by atoms with van der Waals surface area (Å²) in [6.07, 6.45) is 0. The monoisotopic (exact) mass is 520 g/mol. The molecule has 0 atom stereocenters. The topological polar surface area (TPSA) is 144 Å². The molecule has 0 aliphatic rings. The van der Waals surface area contributed by atoms with Crippen molar-refractivity contribution >= 4 is 30.4 Å². The van der Waals surface area contributed by atoms with E-state index < -0.39 is 46.7 Å². The maximum Gasteiger partial charge on any atom is 1.00 e. The van der Waals surface area contributed by atoms with Crippen LogP contribution in [0.2, 0.25) is 0 Å². The second-order valence-electron chi connectivity index (χ2n) is 6.76. The van der Waals surface area contributed by atoms with Gasteiger partial charge in [-0.15, -0.1) is 0 Å². The third-order valence-corrected chi connectivity index (χ3v) is 7.58. The van der Waals surface area contributed by atoms with Crippen LogP contribution in [0.1, 0.15) is 11.1 Å². The van der Waals surface area contributed by atoms with Crippen LogP contribution >= 0.6 is 0 Å². The van der Waals surface area contributed by atoms with Crippen molar-refractivity contribution in [1.29, 1.82) is 0 Å². The molecule has 0 aromatic heterocycles. The van der Waals surface area contributed by atoms with E-state index in [1.807, 2.05) is 0 Å².